The van der Waals surface area contributed by atoms with Gasteiger partial charge < -0.3 is 4.74 Å². The van der Waals surface area contributed by atoms with Crippen molar-refractivity contribution in [3.63, 3.8) is 0 Å². The monoisotopic (exact) mass is 155 g/mol. The van der Waals surface area contributed by atoms with Gasteiger partial charge in [0, 0.05) is 6.42 Å². The second-order valence-electron chi connectivity index (χ2n) is 2.77. The molecule has 0 unspecified atom stereocenters. The lowest BCUT2D eigenvalue weighted by atomic mass is 10.4. The molecule has 0 N–H and O–H groups in total. The molecule has 0 amide bonds. The Kier molecular flexibility index (Phi) is 3.43. The summed E-state index contributed by atoms with van der Waals surface area (Å²) in [4.78, 5) is 2.36. The fourth-order valence-corrected chi connectivity index (χ4v) is 1.25. The average Bonchev–Trinajstić information content (AvgIpc) is 2.52. The maximum absolute atomic E-state index is 5.41. The Bertz CT molecular complexity index is 138. The number of likely N-dealkylation sites (N-methyl/N-ethyl adjacent to an activating group) is 1. The highest BCUT2D eigenvalue weighted by Gasteiger charge is 2.08. The predicted octanol–water partition coefficient (Wildman–Crippen LogP) is 1.63. The number of nitrogens with zero attached hydrogens (tertiary/aromatic N) is 1. The van der Waals surface area contributed by atoms with E-state index in [1.807, 2.05) is 0 Å². The van der Waals surface area contributed by atoms with Gasteiger partial charge in [0.1, 0.15) is 5.76 Å². The van der Waals surface area contributed by atoms with Gasteiger partial charge in [-0.25, -0.2) is 0 Å². The van der Waals surface area contributed by atoms with E-state index >= 15 is 0 Å². The molecule has 0 aromatic heterocycles. The second-order valence-corrected chi connectivity index (χ2v) is 2.77. The summed E-state index contributed by atoms with van der Waals surface area (Å²) >= 11 is 0. The normalized spacial score (nSPS) is 16.8. The first kappa shape index (κ1) is 8.60. The van der Waals surface area contributed by atoms with E-state index in [0.29, 0.717) is 0 Å². The number of ether oxygens (including phenoxy) is 1. The number of hydrogen-bond acceptors (Lipinski definition) is 2. The number of hydrogen-bond donors (Lipinski definition) is 0. The SMILES string of the molecule is CCN(CC)CC1=CCCO1. The van der Waals surface area contributed by atoms with Gasteiger partial charge in [0.25, 0.3) is 0 Å². The van der Waals surface area contributed by atoms with Crippen molar-refractivity contribution in [3.8, 4) is 0 Å². The van der Waals surface area contributed by atoms with Gasteiger partial charge in [-0.2, -0.15) is 0 Å². The molecule has 2 nitrogen and oxygen atoms in total. The fourth-order valence-electron chi connectivity index (χ4n) is 1.25. The Labute approximate surface area is 68.8 Å². The molecule has 1 aliphatic heterocycles. The molecule has 1 rings (SSSR count). The maximum atomic E-state index is 5.41. The smallest absolute Gasteiger partial charge is 0.106 e. The van der Waals surface area contributed by atoms with Gasteiger partial charge >= 0.3 is 0 Å². The molecule has 0 bridgehead atoms. The molecule has 1 aliphatic rings. The lowest BCUT2D eigenvalue weighted by molar-refractivity contribution is 0.199. The van der Waals surface area contributed by atoms with Crippen LogP contribution in [-0.4, -0.2) is 31.1 Å². The zero-order valence-corrected chi connectivity index (χ0v) is 7.47. The minimum atomic E-state index is 0.886. The number of rotatable bonds is 4. The Balaban J connectivity index is 2.27. The summed E-state index contributed by atoms with van der Waals surface area (Å²) in [5.74, 6) is 1.16. The molecule has 2 heteroatoms. The molecular weight excluding hydrogens is 138 g/mol. The maximum Gasteiger partial charge on any atom is 0.106 e. The van der Waals surface area contributed by atoms with E-state index in [9.17, 15) is 0 Å². The van der Waals surface area contributed by atoms with Crippen LogP contribution in [0, 0.1) is 0 Å². The van der Waals surface area contributed by atoms with Gasteiger partial charge in [-0.15, -0.1) is 0 Å². The Morgan fingerprint density at radius 2 is 2.18 bits per heavy atom. The van der Waals surface area contributed by atoms with Crippen molar-refractivity contribution in [3.05, 3.63) is 11.8 Å². The van der Waals surface area contributed by atoms with Crippen LogP contribution in [-0.2, 0) is 4.74 Å². The van der Waals surface area contributed by atoms with E-state index < -0.39 is 0 Å². The first-order chi connectivity index (χ1) is 5.36. The standard InChI is InChI=1S/C9H17NO/c1-3-10(4-2)8-9-6-5-7-11-9/h6H,3-5,7-8H2,1-2H3. The summed E-state index contributed by atoms with van der Waals surface area (Å²) in [5, 5.41) is 0. The first-order valence-corrected chi connectivity index (χ1v) is 4.41. The molecule has 1 heterocycles. The molecule has 0 aliphatic carbocycles. The molecule has 64 valence electrons. The quantitative estimate of drug-likeness (QED) is 0.612. The van der Waals surface area contributed by atoms with Crippen LogP contribution in [0.1, 0.15) is 20.3 Å². The molecule has 0 aromatic carbocycles. The molecule has 11 heavy (non-hydrogen) atoms. The molecule has 0 saturated heterocycles. The lowest BCUT2D eigenvalue weighted by Crippen LogP contribution is -2.25. The summed E-state index contributed by atoms with van der Waals surface area (Å²) in [5.41, 5.74) is 0. The summed E-state index contributed by atoms with van der Waals surface area (Å²) in [6.45, 7) is 8.45. The molecule has 0 aromatic rings. The Morgan fingerprint density at radius 3 is 2.64 bits per heavy atom. The van der Waals surface area contributed by atoms with Crippen LogP contribution in [0.5, 0.6) is 0 Å². The highest BCUT2D eigenvalue weighted by molar-refractivity contribution is 5.00. The third kappa shape index (κ3) is 2.54. The predicted molar refractivity (Wildman–Crippen MR) is 46.4 cm³/mol. The Morgan fingerprint density at radius 1 is 1.45 bits per heavy atom. The van der Waals surface area contributed by atoms with Gasteiger partial charge in [0.05, 0.1) is 13.2 Å². The molecule has 0 fully saturated rings. The van der Waals surface area contributed by atoms with Crippen LogP contribution in [0.2, 0.25) is 0 Å². The minimum absolute atomic E-state index is 0.886. The van der Waals surface area contributed by atoms with E-state index in [-0.39, 0.29) is 0 Å². The zero-order valence-electron chi connectivity index (χ0n) is 7.47. The summed E-state index contributed by atoms with van der Waals surface area (Å²) in [6.07, 6.45) is 3.29. The summed E-state index contributed by atoms with van der Waals surface area (Å²) in [7, 11) is 0. The highest BCUT2D eigenvalue weighted by Crippen LogP contribution is 2.10. The summed E-state index contributed by atoms with van der Waals surface area (Å²) in [6, 6.07) is 0. The van der Waals surface area contributed by atoms with Crippen molar-refractivity contribution >= 4 is 0 Å². The topological polar surface area (TPSA) is 12.5 Å². The van der Waals surface area contributed by atoms with Crippen molar-refractivity contribution in [2.75, 3.05) is 26.2 Å². The van der Waals surface area contributed by atoms with Crippen molar-refractivity contribution in [1.29, 1.82) is 0 Å². The lowest BCUT2D eigenvalue weighted by Gasteiger charge is -2.17. The van der Waals surface area contributed by atoms with Crippen molar-refractivity contribution in [2.24, 2.45) is 0 Å². The average molecular weight is 155 g/mol. The van der Waals surface area contributed by atoms with E-state index in [2.05, 4.69) is 24.8 Å². The van der Waals surface area contributed by atoms with E-state index in [1.54, 1.807) is 0 Å². The van der Waals surface area contributed by atoms with E-state index in [1.165, 1.54) is 0 Å². The molecule has 0 spiro atoms. The van der Waals surface area contributed by atoms with Gasteiger partial charge in [0.2, 0.25) is 0 Å². The van der Waals surface area contributed by atoms with Gasteiger partial charge in [-0.05, 0) is 19.2 Å². The van der Waals surface area contributed by atoms with Gasteiger partial charge in [-0.1, -0.05) is 13.8 Å². The summed E-state index contributed by atoms with van der Waals surface area (Å²) < 4.78 is 5.41. The van der Waals surface area contributed by atoms with Crippen LogP contribution < -0.4 is 0 Å². The van der Waals surface area contributed by atoms with Crippen LogP contribution in [0.3, 0.4) is 0 Å². The Hall–Kier alpha value is -0.500. The molecular formula is C9H17NO. The van der Waals surface area contributed by atoms with Crippen molar-refractivity contribution < 1.29 is 4.74 Å². The third-order valence-corrected chi connectivity index (χ3v) is 2.05. The van der Waals surface area contributed by atoms with Gasteiger partial charge in [0.15, 0.2) is 0 Å². The zero-order chi connectivity index (χ0) is 8.10. The molecule has 0 atom stereocenters. The molecule has 0 saturated carbocycles. The minimum Gasteiger partial charge on any atom is -0.497 e. The fraction of sp³-hybridized carbons (Fsp3) is 0.778. The van der Waals surface area contributed by atoms with Crippen LogP contribution >= 0.6 is 0 Å². The third-order valence-electron chi connectivity index (χ3n) is 2.05. The van der Waals surface area contributed by atoms with E-state index in [4.69, 9.17) is 4.74 Å². The highest BCUT2D eigenvalue weighted by atomic mass is 16.5. The van der Waals surface area contributed by atoms with E-state index in [0.717, 1.165) is 38.4 Å². The van der Waals surface area contributed by atoms with Gasteiger partial charge in [-0.3, -0.25) is 4.90 Å². The van der Waals surface area contributed by atoms with Crippen LogP contribution in [0.25, 0.3) is 0 Å². The van der Waals surface area contributed by atoms with Crippen LogP contribution in [0.15, 0.2) is 11.8 Å². The van der Waals surface area contributed by atoms with Crippen LogP contribution in [0.4, 0.5) is 0 Å². The second kappa shape index (κ2) is 4.39. The first-order valence-electron chi connectivity index (χ1n) is 4.41. The van der Waals surface area contributed by atoms with Crippen molar-refractivity contribution in [1.82, 2.24) is 4.90 Å². The largest absolute Gasteiger partial charge is 0.497 e. The molecule has 0 radical (unpaired) electrons. The van der Waals surface area contributed by atoms with Crippen molar-refractivity contribution in [2.45, 2.75) is 20.3 Å².